The van der Waals surface area contributed by atoms with Crippen LogP contribution in [0.25, 0.3) is 0 Å². The van der Waals surface area contributed by atoms with Gasteiger partial charge in [0.1, 0.15) is 0 Å². The summed E-state index contributed by atoms with van der Waals surface area (Å²) >= 11 is 5.83. The molecule has 4 nitrogen and oxygen atoms in total. The highest BCUT2D eigenvalue weighted by molar-refractivity contribution is 6.31. The second kappa shape index (κ2) is 5.55. The predicted octanol–water partition coefficient (Wildman–Crippen LogP) is 2.30. The molecule has 1 aromatic carbocycles. The number of carbonyl (C=O) groups excluding carboxylic acids is 1. The summed E-state index contributed by atoms with van der Waals surface area (Å²) in [5.74, 6) is -0.229. The zero-order chi connectivity index (χ0) is 13.0. The van der Waals surface area contributed by atoms with E-state index in [0.29, 0.717) is 16.3 Å². The molecule has 2 N–H and O–H groups in total. The van der Waals surface area contributed by atoms with E-state index in [1.165, 1.54) is 11.0 Å². The van der Waals surface area contributed by atoms with Gasteiger partial charge in [0.05, 0.1) is 18.1 Å². The van der Waals surface area contributed by atoms with Crippen molar-refractivity contribution in [3.63, 3.8) is 0 Å². The van der Waals surface area contributed by atoms with E-state index in [4.69, 9.17) is 22.6 Å². The quantitative estimate of drug-likeness (QED) is 0.838. The lowest BCUT2D eigenvalue weighted by atomic mass is 10.1. The van der Waals surface area contributed by atoms with Gasteiger partial charge in [0.2, 0.25) is 0 Å². The molecular formula is C12H14ClN3O. The summed E-state index contributed by atoms with van der Waals surface area (Å²) < 4.78 is 0. The minimum Gasteiger partial charge on any atom is -0.398 e. The molecule has 1 rings (SSSR count). The maximum Gasteiger partial charge on any atom is 0.256 e. The number of nitrogen functional groups attached to an aromatic ring is 1. The first kappa shape index (κ1) is 13.3. The molecule has 1 atom stereocenters. The van der Waals surface area contributed by atoms with Crippen molar-refractivity contribution >= 4 is 23.2 Å². The topological polar surface area (TPSA) is 70.1 Å². The molecule has 0 radical (unpaired) electrons. The molecule has 1 unspecified atom stereocenters. The first-order chi connectivity index (χ1) is 7.97. The van der Waals surface area contributed by atoms with Gasteiger partial charge in [-0.3, -0.25) is 4.79 Å². The van der Waals surface area contributed by atoms with Crippen LogP contribution in [0.2, 0.25) is 5.02 Å². The smallest absolute Gasteiger partial charge is 0.256 e. The van der Waals surface area contributed by atoms with E-state index in [9.17, 15) is 4.79 Å². The van der Waals surface area contributed by atoms with E-state index in [0.717, 1.165) is 0 Å². The standard InChI is InChI=1S/C12H14ClN3O/c1-8(5-6-14)16(2)12(17)10-7-9(13)3-4-11(10)15/h3-4,7-8H,5,15H2,1-2H3. The molecule has 90 valence electrons. The number of nitrogens with zero attached hydrogens (tertiary/aromatic N) is 2. The zero-order valence-corrected chi connectivity index (χ0v) is 10.5. The number of amides is 1. The summed E-state index contributed by atoms with van der Waals surface area (Å²) in [4.78, 5) is 13.6. The molecule has 0 saturated heterocycles. The van der Waals surface area contributed by atoms with Crippen LogP contribution in [0.4, 0.5) is 5.69 Å². The molecule has 0 aromatic heterocycles. The third kappa shape index (κ3) is 3.11. The monoisotopic (exact) mass is 251 g/mol. The molecule has 17 heavy (non-hydrogen) atoms. The van der Waals surface area contributed by atoms with E-state index in [1.807, 2.05) is 13.0 Å². The van der Waals surface area contributed by atoms with Crippen LogP contribution in [0.1, 0.15) is 23.7 Å². The number of anilines is 1. The van der Waals surface area contributed by atoms with E-state index in [2.05, 4.69) is 0 Å². The molecular weight excluding hydrogens is 238 g/mol. The van der Waals surface area contributed by atoms with Gasteiger partial charge in [0.25, 0.3) is 5.91 Å². The molecule has 1 aromatic rings. The van der Waals surface area contributed by atoms with Crippen molar-refractivity contribution in [1.82, 2.24) is 4.90 Å². The summed E-state index contributed by atoms with van der Waals surface area (Å²) in [7, 11) is 1.64. The van der Waals surface area contributed by atoms with Crippen molar-refractivity contribution in [1.29, 1.82) is 5.26 Å². The number of nitriles is 1. The minimum absolute atomic E-state index is 0.161. The number of hydrogen-bond donors (Lipinski definition) is 1. The normalized spacial score (nSPS) is 11.6. The molecule has 0 fully saturated rings. The van der Waals surface area contributed by atoms with Gasteiger partial charge < -0.3 is 10.6 Å². The molecule has 0 aliphatic rings. The first-order valence-electron chi connectivity index (χ1n) is 5.16. The Morgan fingerprint density at radius 1 is 1.65 bits per heavy atom. The van der Waals surface area contributed by atoms with Gasteiger partial charge in [0, 0.05) is 23.8 Å². The lowest BCUT2D eigenvalue weighted by Crippen LogP contribution is -2.35. The van der Waals surface area contributed by atoms with Gasteiger partial charge in [-0.25, -0.2) is 0 Å². The van der Waals surface area contributed by atoms with Crippen LogP contribution in [0.3, 0.4) is 0 Å². The summed E-state index contributed by atoms with van der Waals surface area (Å²) in [5.41, 5.74) is 6.48. The van der Waals surface area contributed by atoms with Crippen LogP contribution in [0.15, 0.2) is 18.2 Å². The third-order valence-electron chi connectivity index (χ3n) is 2.61. The lowest BCUT2D eigenvalue weighted by molar-refractivity contribution is 0.0747. The second-order valence-electron chi connectivity index (χ2n) is 3.86. The Balaban J connectivity index is 2.96. The lowest BCUT2D eigenvalue weighted by Gasteiger charge is -2.23. The van der Waals surface area contributed by atoms with Crippen molar-refractivity contribution in [3.8, 4) is 6.07 Å². The minimum atomic E-state index is -0.229. The Labute approximate surface area is 106 Å². The fourth-order valence-corrected chi connectivity index (χ4v) is 1.55. The van der Waals surface area contributed by atoms with Crippen LogP contribution in [-0.4, -0.2) is 23.9 Å². The Kier molecular flexibility index (Phi) is 4.36. The Morgan fingerprint density at radius 2 is 2.29 bits per heavy atom. The Hall–Kier alpha value is -1.73. The number of benzene rings is 1. The van der Waals surface area contributed by atoms with Gasteiger partial charge in [-0.15, -0.1) is 0 Å². The number of rotatable bonds is 3. The third-order valence-corrected chi connectivity index (χ3v) is 2.85. The number of hydrogen-bond acceptors (Lipinski definition) is 3. The Morgan fingerprint density at radius 3 is 2.88 bits per heavy atom. The zero-order valence-electron chi connectivity index (χ0n) is 9.77. The van der Waals surface area contributed by atoms with E-state index in [1.54, 1.807) is 19.2 Å². The van der Waals surface area contributed by atoms with Crippen LogP contribution in [0.5, 0.6) is 0 Å². The maximum atomic E-state index is 12.1. The highest BCUT2D eigenvalue weighted by Crippen LogP contribution is 2.20. The number of nitrogens with two attached hydrogens (primary N) is 1. The van der Waals surface area contributed by atoms with Crippen LogP contribution in [-0.2, 0) is 0 Å². The van der Waals surface area contributed by atoms with Crippen LogP contribution < -0.4 is 5.73 Å². The van der Waals surface area contributed by atoms with Crippen molar-refractivity contribution in [2.45, 2.75) is 19.4 Å². The average molecular weight is 252 g/mol. The van der Waals surface area contributed by atoms with Gasteiger partial charge in [-0.2, -0.15) is 5.26 Å². The predicted molar refractivity (Wildman–Crippen MR) is 67.6 cm³/mol. The molecule has 0 bridgehead atoms. The van der Waals surface area contributed by atoms with Gasteiger partial charge >= 0.3 is 0 Å². The highest BCUT2D eigenvalue weighted by Gasteiger charge is 2.19. The van der Waals surface area contributed by atoms with E-state index >= 15 is 0 Å². The number of halogens is 1. The molecule has 0 saturated carbocycles. The molecule has 0 aliphatic heterocycles. The van der Waals surface area contributed by atoms with Crippen LogP contribution in [0, 0.1) is 11.3 Å². The van der Waals surface area contributed by atoms with E-state index < -0.39 is 0 Å². The Bertz CT molecular complexity index is 467. The SMILES string of the molecule is CC(CC#N)N(C)C(=O)c1cc(Cl)ccc1N. The average Bonchev–Trinajstić information content (AvgIpc) is 2.30. The maximum absolute atomic E-state index is 12.1. The molecule has 0 aliphatic carbocycles. The van der Waals surface area contributed by atoms with Gasteiger partial charge in [-0.1, -0.05) is 11.6 Å². The molecule has 0 heterocycles. The van der Waals surface area contributed by atoms with Gasteiger partial charge in [0.15, 0.2) is 0 Å². The van der Waals surface area contributed by atoms with Crippen molar-refractivity contribution < 1.29 is 4.79 Å². The van der Waals surface area contributed by atoms with E-state index in [-0.39, 0.29) is 18.4 Å². The highest BCUT2D eigenvalue weighted by atomic mass is 35.5. The molecule has 1 amide bonds. The van der Waals surface area contributed by atoms with Crippen molar-refractivity contribution in [3.05, 3.63) is 28.8 Å². The largest absolute Gasteiger partial charge is 0.398 e. The fraction of sp³-hybridized carbons (Fsp3) is 0.333. The van der Waals surface area contributed by atoms with Crippen molar-refractivity contribution in [2.24, 2.45) is 0 Å². The summed E-state index contributed by atoms with van der Waals surface area (Å²) in [6.45, 7) is 1.81. The van der Waals surface area contributed by atoms with Crippen molar-refractivity contribution in [2.75, 3.05) is 12.8 Å². The fourth-order valence-electron chi connectivity index (χ4n) is 1.37. The summed E-state index contributed by atoms with van der Waals surface area (Å²) in [5, 5.41) is 9.06. The summed E-state index contributed by atoms with van der Waals surface area (Å²) in [6, 6.07) is 6.63. The van der Waals surface area contributed by atoms with Crippen LogP contribution >= 0.6 is 11.6 Å². The summed E-state index contributed by atoms with van der Waals surface area (Å²) in [6.07, 6.45) is 0.280. The number of carbonyl (C=O) groups is 1. The van der Waals surface area contributed by atoms with Gasteiger partial charge in [-0.05, 0) is 25.1 Å². The molecule has 0 spiro atoms. The molecule has 5 heteroatoms. The second-order valence-corrected chi connectivity index (χ2v) is 4.30. The first-order valence-corrected chi connectivity index (χ1v) is 5.54.